The van der Waals surface area contributed by atoms with Gasteiger partial charge in [-0.25, -0.2) is 9.48 Å². The highest BCUT2D eigenvalue weighted by Gasteiger charge is 2.31. The van der Waals surface area contributed by atoms with Crippen molar-refractivity contribution in [3.63, 3.8) is 0 Å². The Morgan fingerprint density at radius 1 is 1.39 bits per heavy atom. The number of urea groups is 1. The predicted molar refractivity (Wildman–Crippen MR) is 88.2 cm³/mol. The molecule has 1 aromatic heterocycles. The van der Waals surface area contributed by atoms with Crippen LogP contribution in [0.15, 0.2) is 36.5 Å². The van der Waals surface area contributed by atoms with Gasteiger partial charge in [0.25, 0.3) is 0 Å². The number of fused-ring (bicyclic) bond motifs is 1. The van der Waals surface area contributed by atoms with Gasteiger partial charge in [-0.15, -0.1) is 0 Å². The summed E-state index contributed by atoms with van der Waals surface area (Å²) in [6.07, 6.45) is 3.72. The molecule has 2 amide bonds. The lowest BCUT2D eigenvalue weighted by Crippen LogP contribution is -2.37. The molecule has 6 heteroatoms. The first-order valence-electron chi connectivity index (χ1n) is 8.04. The van der Waals surface area contributed by atoms with Crippen LogP contribution in [0.1, 0.15) is 36.9 Å². The molecule has 2 atom stereocenters. The minimum absolute atomic E-state index is 0.330. The zero-order chi connectivity index (χ0) is 16.2. The molecule has 1 heterocycles. The Balaban J connectivity index is 1.65. The molecule has 6 nitrogen and oxygen atoms in total. The Labute approximate surface area is 135 Å². The maximum Gasteiger partial charge on any atom is 0.320 e. The summed E-state index contributed by atoms with van der Waals surface area (Å²) in [6.45, 7) is 2.89. The molecule has 0 aliphatic heterocycles. The molecule has 1 aliphatic rings. The highest BCUT2D eigenvalue weighted by atomic mass is 16.3. The highest BCUT2D eigenvalue weighted by molar-refractivity contribution is 5.88. The molecule has 23 heavy (non-hydrogen) atoms. The number of aliphatic hydroxyl groups excluding tert-OH is 1. The first-order chi connectivity index (χ1) is 11.2. The summed E-state index contributed by atoms with van der Waals surface area (Å²) in [6, 6.07) is 8.86. The van der Waals surface area contributed by atoms with E-state index in [-0.39, 0.29) is 12.1 Å². The number of hydrogen-bond acceptors (Lipinski definition) is 3. The van der Waals surface area contributed by atoms with Crippen LogP contribution in [-0.4, -0.2) is 27.0 Å². The minimum Gasteiger partial charge on any atom is -0.390 e. The lowest BCUT2D eigenvalue weighted by molar-refractivity contribution is 0.144. The Kier molecular flexibility index (Phi) is 4.62. The number of carbonyl (C=O) groups is 1. The number of anilines is 1. The van der Waals surface area contributed by atoms with E-state index in [0.29, 0.717) is 12.2 Å². The second kappa shape index (κ2) is 6.83. The zero-order valence-electron chi connectivity index (χ0n) is 13.2. The Morgan fingerprint density at radius 3 is 3.04 bits per heavy atom. The molecule has 2 aromatic rings. The van der Waals surface area contributed by atoms with E-state index in [9.17, 15) is 9.90 Å². The van der Waals surface area contributed by atoms with Crippen LogP contribution < -0.4 is 10.6 Å². The van der Waals surface area contributed by atoms with E-state index >= 15 is 0 Å². The second-order valence-electron chi connectivity index (χ2n) is 5.84. The van der Waals surface area contributed by atoms with Crippen LogP contribution in [0.25, 0.3) is 0 Å². The quantitative estimate of drug-likeness (QED) is 0.793. The summed E-state index contributed by atoms with van der Waals surface area (Å²) >= 11 is 0. The number of aliphatic hydroxyl groups is 1. The summed E-state index contributed by atoms with van der Waals surface area (Å²) in [7, 11) is 0. The molecule has 1 aromatic carbocycles. The number of aryl methyl sites for hydroxylation is 1. The molecule has 3 N–H and O–H groups in total. The first kappa shape index (κ1) is 15.6. The molecule has 122 valence electrons. The SMILES string of the molecule is CCCCn1nccc1NC(=O)N[C@@H]1c2ccccc2C[C@@H]1O. The summed E-state index contributed by atoms with van der Waals surface area (Å²) in [5, 5.41) is 20.1. The van der Waals surface area contributed by atoms with Crippen molar-refractivity contribution in [3.05, 3.63) is 47.7 Å². The molecule has 0 fully saturated rings. The van der Waals surface area contributed by atoms with E-state index in [4.69, 9.17) is 0 Å². The van der Waals surface area contributed by atoms with Gasteiger partial charge in [0.1, 0.15) is 5.82 Å². The maximum atomic E-state index is 12.3. The van der Waals surface area contributed by atoms with E-state index in [0.717, 1.165) is 30.5 Å². The van der Waals surface area contributed by atoms with Gasteiger partial charge >= 0.3 is 6.03 Å². The van der Waals surface area contributed by atoms with Gasteiger partial charge in [-0.05, 0) is 17.5 Å². The van der Waals surface area contributed by atoms with Crippen molar-refractivity contribution in [2.24, 2.45) is 0 Å². The van der Waals surface area contributed by atoms with Crippen molar-refractivity contribution in [1.29, 1.82) is 0 Å². The van der Waals surface area contributed by atoms with Crippen molar-refractivity contribution in [2.45, 2.75) is 44.9 Å². The number of hydrogen-bond donors (Lipinski definition) is 3. The number of amides is 2. The van der Waals surface area contributed by atoms with Gasteiger partial charge in [0.2, 0.25) is 0 Å². The lowest BCUT2D eigenvalue weighted by atomic mass is 10.1. The Morgan fingerprint density at radius 2 is 2.22 bits per heavy atom. The van der Waals surface area contributed by atoms with Gasteiger partial charge in [-0.1, -0.05) is 37.6 Å². The van der Waals surface area contributed by atoms with Crippen LogP contribution >= 0.6 is 0 Å². The van der Waals surface area contributed by atoms with Gasteiger partial charge < -0.3 is 10.4 Å². The second-order valence-corrected chi connectivity index (χ2v) is 5.84. The number of nitrogens with one attached hydrogen (secondary N) is 2. The highest BCUT2D eigenvalue weighted by Crippen LogP contribution is 2.31. The topological polar surface area (TPSA) is 79.2 Å². The largest absolute Gasteiger partial charge is 0.390 e. The van der Waals surface area contributed by atoms with Gasteiger partial charge in [-0.2, -0.15) is 5.10 Å². The number of carbonyl (C=O) groups excluding carboxylic acids is 1. The monoisotopic (exact) mass is 314 g/mol. The third-order valence-electron chi connectivity index (χ3n) is 4.17. The molecular formula is C17H22N4O2. The van der Waals surface area contributed by atoms with Crippen LogP contribution in [0.4, 0.5) is 10.6 Å². The van der Waals surface area contributed by atoms with Crippen LogP contribution in [0.3, 0.4) is 0 Å². The number of rotatable bonds is 5. The fraction of sp³-hybridized carbons (Fsp3) is 0.412. The molecule has 0 saturated carbocycles. The third-order valence-corrected chi connectivity index (χ3v) is 4.17. The summed E-state index contributed by atoms with van der Waals surface area (Å²) < 4.78 is 1.78. The number of unbranched alkanes of at least 4 members (excludes halogenated alkanes) is 1. The number of aromatic nitrogens is 2. The molecule has 0 bridgehead atoms. The van der Waals surface area contributed by atoms with Crippen molar-refractivity contribution >= 4 is 11.8 Å². The smallest absolute Gasteiger partial charge is 0.320 e. The van der Waals surface area contributed by atoms with Crippen LogP contribution in [-0.2, 0) is 13.0 Å². The summed E-state index contributed by atoms with van der Waals surface area (Å²) in [5.74, 6) is 0.664. The van der Waals surface area contributed by atoms with Gasteiger partial charge in [0.05, 0.1) is 18.3 Å². The average Bonchev–Trinajstić information content (AvgIpc) is 3.10. The summed E-state index contributed by atoms with van der Waals surface area (Å²) in [5.41, 5.74) is 2.06. The van der Waals surface area contributed by atoms with Gasteiger partial charge in [-0.3, -0.25) is 5.32 Å². The standard InChI is InChI=1S/C17H22N4O2/c1-2-3-10-21-15(8-9-18-21)19-17(23)20-16-13-7-5-4-6-12(13)11-14(16)22/h4-9,14,16,22H,2-3,10-11H2,1H3,(H2,19,20,23)/t14-,16+/m0/s1. The first-order valence-corrected chi connectivity index (χ1v) is 8.04. The van der Waals surface area contributed by atoms with E-state index in [2.05, 4.69) is 22.7 Å². The number of nitrogens with zero attached hydrogens (tertiary/aromatic N) is 2. The van der Waals surface area contributed by atoms with Gasteiger partial charge in [0, 0.05) is 19.0 Å². The van der Waals surface area contributed by atoms with E-state index in [1.807, 2.05) is 24.3 Å². The van der Waals surface area contributed by atoms with Crippen molar-refractivity contribution in [1.82, 2.24) is 15.1 Å². The van der Waals surface area contributed by atoms with Crippen molar-refractivity contribution in [3.8, 4) is 0 Å². The summed E-state index contributed by atoms with van der Waals surface area (Å²) in [4.78, 5) is 12.3. The van der Waals surface area contributed by atoms with Crippen LogP contribution in [0, 0.1) is 0 Å². The Bertz CT molecular complexity index is 683. The molecule has 0 spiro atoms. The fourth-order valence-corrected chi connectivity index (χ4v) is 2.97. The molecule has 0 unspecified atom stereocenters. The lowest BCUT2D eigenvalue weighted by Gasteiger charge is -2.18. The van der Waals surface area contributed by atoms with E-state index < -0.39 is 6.10 Å². The molecule has 0 radical (unpaired) electrons. The normalized spacial score (nSPS) is 19.4. The Hall–Kier alpha value is -2.34. The number of benzene rings is 1. The van der Waals surface area contributed by atoms with Crippen molar-refractivity contribution < 1.29 is 9.90 Å². The van der Waals surface area contributed by atoms with E-state index in [1.54, 1.807) is 16.9 Å². The van der Waals surface area contributed by atoms with E-state index in [1.165, 1.54) is 0 Å². The third kappa shape index (κ3) is 3.37. The van der Waals surface area contributed by atoms with Crippen LogP contribution in [0.2, 0.25) is 0 Å². The predicted octanol–water partition coefficient (Wildman–Crippen LogP) is 2.46. The zero-order valence-corrected chi connectivity index (χ0v) is 13.2. The van der Waals surface area contributed by atoms with Crippen molar-refractivity contribution in [2.75, 3.05) is 5.32 Å². The maximum absolute atomic E-state index is 12.3. The average molecular weight is 314 g/mol. The molecule has 3 rings (SSSR count). The minimum atomic E-state index is -0.594. The van der Waals surface area contributed by atoms with Gasteiger partial charge in [0.15, 0.2) is 0 Å². The fourth-order valence-electron chi connectivity index (χ4n) is 2.97. The molecule has 1 aliphatic carbocycles. The molecule has 0 saturated heterocycles. The van der Waals surface area contributed by atoms with Crippen LogP contribution in [0.5, 0.6) is 0 Å². The molecular weight excluding hydrogens is 292 g/mol.